The van der Waals surface area contributed by atoms with Crippen molar-refractivity contribution in [3.8, 4) is 5.69 Å². The fourth-order valence-electron chi connectivity index (χ4n) is 2.32. The molecule has 0 aliphatic rings. The Hall–Kier alpha value is -3.16. The lowest BCUT2D eigenvalue weighted by atomic mass is 9.95. The molecule has 1 aromatic carbocycles. The van der Waals surface area contributed by atoms with Crippen LogP contribution in [-0.2, 0) is 9.59 Å². The van der Waals surface area contributed by atoms with Crippen molar-refractivity contribution in [2.24, 2.45) is 5.41 Å². The first-order valence-electron chi connectivity index (χ1n) is 8.51. The van der Waals surface area contributed by atoms with Crippen molar-refractivity contribution in [2.75, 3.05) is 5.32 Å². The summed E-state index contributed by atoms with van der Waals surface area (Å²) in [6, 6.07) is 6.17. The molecule has 8 heteroatoms. The highest BCUT2D eigenvalue weighted by Crippen LogP contribution is 2.18. The summed E-state index contributed by atoms with van der Waals surface area (Å²) in [5, 5.41) is 18.7. The molecule has 0 radical (unpaired) electrons. The van der Waals surface area contributed by atoms with Gasteiger partial charge in [-0.2, -0.15) is 5.10 Å². The normalized spacial score (nSPS) is 12.3. The molecule has 0 fully saturated rings. The highest BCUT2D eigenvalue weighted by Gasteiger charge is 2.25. The first kappa shape index (κ1) is 20.2. The molecule has 27 heavy (non-hydrogen) atoms. The monoisotopic (exact) mass is 372 g/mol. The van der Waals surface area contributed by atoms with Gasteiger partial charge in [0, 0.05) is 11.1 Å². The number of carboxylic acids is 1. The zero-order valence-electron chi connectivity index (χ0n) is 16.0. The number of amides is 2. The molecule has 1 aromatic heterocycles. The molecule has 0 aliphatic heterocycles. The summed E-state index contributed by atoms with van der Waals surface area (Å²) in [7, 11) is 0. The number of nitrogens with zero attached hydrogens (tertiary/aromatic N) is 2. The molecule has 2 amide bonds. The van der Waals surface area contributed by atoms with E-state index in [4.69, 9.17) is 5.11 Å². The molecule has 0 bridgehead atoms. The van der Waals surface area contributed by atoms with Crippen molar-refractivity contribution in [3.63, 3.8) is 0 Å². The third-order valence-electron chi connectivity index (χ3n) is 4.02. The lowest BCUT2D eigenvalue weighted by Crippen LogP contribution is -2.46. The number of rotatable bonds is 5. The van der Waals surface area contributed by atoms with Gasteiger partial charge in [0.15, 0.2) is 0 Å². The number of aromatic carboxylic acids is 1. The van der Waals surface area contributed by atoms with Gasteiger partial charge in [-0.15, -0.1) is 0 Å². The van der Waals surface area contributed by atoms with E-state index in [9.17, 15) is 14.4 Å². The van der Waals surface area contributed by atoms with Gasteiger partial charge in [0.25, 0.3) is 0 Å². The van der Waals surface area contributed by atoms with E-state index in [1.807, 2.05) is 0 Å². The van der Waals surface area contributed by atoms with Crippen LogP contribution >= 0.6 is 0 Å². The van der Waals surface area contributed by atoms with Gasteiger partial charge in [-0.3, -0.25) is 9.59 Å². The number of nitrogens with one attached hydrogen (secondary N) is 2. The molecule has 2 rings (SSSR count). The Labute approximate surface area is 157 Å². The molecule has 3 N–H and O–H groups in total. The van der Waals surface area contributed by atoms with Crippen LogP contribution in [0.3, 0.4) is 0 Å². The number of benzene rings is 1. The minimum Gasteiger partial charge on any atom is -0.478 e. The van der Waals surface area contributed by atoms with E-state index >= 15 is 0 Å². The van der Waals surface area contributed by atoms with Crippen molar-refractivity contribution in [2.45, 2.75) is 40.7 Å². The largest absolute Gasteiger partial charge is 0.478 e. The van der Waals surface area contributed by atoms with Crippen LogP contribution < -0.4 is 10.6 Å². The summed E-state index contributed by atoms with van der Waals surface area (Å²) < 4.78 is 1.49. The average Bonchev–Trinajstić information content (AvgIpc) is 2.95. The number of hydrogen-bond donors (Lipinski definition) is 3. The fraction of sp³-hybridized carbons (Fsp3) is 0.368. The van der Waals surface area contributed by atoms with Crippen LogP contribution in [-0.4, -0.2) is 38.7 Å². The molecule has 1 unspecified atom stereocenters. The molecule has 1 atom stereocenters. The van der Waals surface area contributed by atoms with Crippen LogP contribution in [0.5, 0.6) is 0 Å². The van der Waals surface area contributed by atoms with E-state index in [1.54, 1.807) is 58.9 Å². The zero-order chi connectivity index (χ0) is 20.4. The van der Waals surface area contributed by atoms with E-state index in [0.29, 0.717) is 17.1 Å². The molecular formula is C19H24N4O4. The maximum absolute atomic E-state index is 12.4. The van der Waals surface area contributed by atoms with Crippen LogP contribution in [0.25, 0.3) is 5.69 Å². The van der Waals surface area contributed by atoms with E-state index in [0.717, 1.165) is 0 Å². The maximum atomic E-state index is 12.4. The van der Waals surface area contributed by atoms with Crippen LogP contribution in [0.2, 0.25) is 0 Å². The third kappa shape index (κ3) is 4.72. The molecule has 8 nitrogen and oxygen atoms in total. The standard InChI is InChI=1S/C19H24N4O4/c1-11(21-18(27)19(3,4)5)16(24)22-13-7-6-8-14(9-13)23-12(2)15(10-20-23)17(25)26/h6-11H,1-5H3,(H,21,27)(H,22,24)(H,25,26). The Balaban J connectivity index is 2.15. The van der Waals surface area contributed by atoms with Gasteiger partial charge in [0.2, 0.25) is 11.8 Å². The maximum Gasteiger partial charge on any atom is 0.339 e. The first-order valence-corrected chi connectivity index (χ1v) is 8.51. The zero-order valence-corrected chi connectivity index (χ0v) is 16.0. The number of anilines is 1. The van der Waals surface area contributed by atoms with E-state index in [-0.39, 0.29) is 17.4 Å². The minimum absolute atomic E-state index is 0.114. The first-order chi connectivity index (χ1) is 12.5. The van der Waals surface area contributed by atoms with Crippen LogP contribution in [0.15, 0.2) is 30.5 Å². The summed E-state index contributed by atoms with van der Waals surface area (Å²) in [6.07, 6.45) is 1.28. The number of carbonyl (C=O) groups excluding carboxylic acids is 2. The topological polar surface area (TPSA) is 113 Å². The number of carboxylic acid groups (broad SMARTS) is 1. The number of carbonyl (C=O) groups is 3. The van der Waals surface area contributed by atoms with Crippen molar-refractivity contribution in [3.05, 3.63) is 41.7 Å². The summed E-state index contributed by atoms with van der Waals surface area (Å²) in [6.45, 7) is 8.59. The number of aromatic nitrogens is 2. The molecular weight excluding hydrogens is 348 g/mol. The third-order valence-corrected chi connectivity index (χ3v) is 4.02. The summed E-state index contributed by atoms with van der Waals surface area (Å²) in [5.74, 6) is -1.62. The van der Waals surface area contributed by atoms with E-state index in [1.165, 1.54) is 10.9 Å². The Morgan fingerprint density at radius 1 is 1.22 bits per heavy atom. The van der Waals surface area contributed by atoms with Crippen molar-refractivity contribution >= 4 is 23.5 Å². The van der Waals surface area contributed by atoms with E-state index in [2.05, 4.69) is 15.7 Å². The smallest absolute Gasteiger partial charge is 0.339 e. The Morgan fingerprint density at radius 2 is 1.89 bits per heavy atom. The predicted molar refractivity (Wildman–Crippen MR) is 101 cm³/mol. The summed E-state index contributed by atoms with van der Waals surface area (Å²) >= 11 is 0. The van der Waals surface area contributed by atoms with Gasteiger partial charge in [0.05, 0.1) is 17.6 Å². The van der Waals surface area contributed by atoms with Gasteiger partial charge in [-0.05, 0) is 32.0 Å². The van der Waals surface area contributed by atoms with Crippen molar-refractivity contribution in [1.29, 1.82) is 0 Å². The molecule has 144 valence electrons. The second kappa shape index (κ2) is 7.61. The van der Waals surface area contributed by atoms with Gasteiger partial charge >= 0.3 is 5.97 Å². The van der Waals surface area contributed by atoms with E-state index < -0.39 is 17.4 Å². The second-order valence-electron chi connectivity index (χ2n) is 7.35. The van der Waals surface area contributed by atoms with Gasteiger partial charge in [-0.1, -0.05) is 26.8 Å². The summed E-state index contributed by atoms with van der Waals surface area (Å²) in [5.41, 5.74) is 1.14. The number of hydrogen-bond acceptors (Lipinski definition) is 4. The molecule has 1 heterocycles. The van der Waals surface area contributed by atoms with Crippen LogP contribution in [0.1, 0.15) is 43.7 Å². The van der Waals surface area contributed by atoms with Gasteiger partial charge < -0.3 is 15.7 Å². The second-order valence-corrected chi connectivity index (χ2v) is 7.35. The van der Waals surface area contributed by atoms with Crippen molar-refractivity contribution in [1.82, 2.24) is 15.1 Å². The molecule has 0 saturated carbocycles. The Morgan fingerprint density at radius 3 is 2.44 bits per heavy atom. The highest BCUT2D eigenvalue weighted by atomic mass is 16.4. The molecule has 0 aliphatic carbocycles. The van der Waals surface area contributed by atoms with Crippen LogP contribution in [0.4, 0.5) is 5.69 Å². The molecule has 0 spiro atoms. The van der Waals surface area contributed by atoms with Crippen molar-refractivity contribution < 1.29 is 19.5 Å². The quantitative estimate of drug-likeness (QED) is 0.746. The molecule has 0 saturated heterocycles. The summed E-state index contributed by atoms with van der Waals surface area (Å²) in [4.78, 5) is 35.5. The van der Waals surface area contributed by atoms with Crippen LogP contribution in [0, 0.1) is 12.3 Å². The lowest BCUT2D eigenvalue weighted by Gasteiger charge is -2.21. The molecule has 2 aromatic rings. The SMILES string of the molecule is Cc1c(C(=O)O)cnn1-c1cccc(NC(=O)C(C)NC(=O)C(C)(C)C)c1. The lowest BCUT2D eigenvalue weighted by molar-refractivity contribution is -0.131. The van der Waals surface area contributed by atoms with Gasteiger partial charge in [0.1, 0.15) is 11.6 Å². The highest BCUT2D eigenvalue weighted by molar-refractivity contribution is 5.97. The Bertz CT molecular complexity index is 880. The fourth-order valence-corrected chi connectivity index (χ4v) is 2.32. The van der Waals surface area contributed by atoms with Gasteiger partial charge in [-0.25, -0.2) is 9.48 Å². The minimum atomic E-state index is -1.05. The Kier molecular flexibility index (Phi) is 5.68. The average molecular weight is 372 g/mol. The predicted octanol–water partition coefficient (Wildman–Crippen LogP) is 2.37.